The first kappa shape index (κ1) is 15.9. The average Bonchev–Trinajstić information content (AvgIpc) is 2.59. The Labute approximate surface area is 133 Å². The van der Waals surface area contributed by atoms with Crippen molar-refractivity contribution in [2.24, 2.45) is 0 Å². The first-order valence-corrected chi connectivity index (χ1v) is 7.67. The summed E-state index contributed by atoms with van der Waals surface area (Å²) in [4.78, 5) is 8.77. The number of hydrogen-bond donors (Lipinski definition) is 1. The highest BCUT2D eigenvalue weighted by Gasteiger charge is 2.16. The molecule has 1 aromatic heterocycles. The van der Waals surface area contributed by atoms with Crippen LogP contribution in [0.4, 0.5) is 5.82 Å². The van der Waals surface area contributed by atoms with Gasteiger partial charge in [0.15, 0.2) is 16.7 Å². The number of hydrogen-bond acceptors (Lipinski definition) is 7. The van der Waals surface area contributed by atoms with Crippen molar-refractivity contribution < 1.29 is 9.47 Å². The van der Waals surface area contributed by atoms with Crippen LogP contribution in [-0.2, 0) is 0 Å². The quantitative estimate of drug-likeness (QED) is 0.671. The van der Waals surface area contributed by atoms with Gasteiger partial charge in [0.1, 0.15) is 17.5 Å². The van der Waals surface area contributed by atoms with Gasteiger partial charge in [0.2, 0.25) is 0 Å². The fourth-order valence-corrected chi connectivity index (χ4v) is 2.38. The van der Waals surface area contributed by atoms with Crippen molar-refractivity contribution in [3.05, 3.63) is 23.8 Å². The van der Waals surface area contributed by atoms with Gasteiger partial charge < -0.3 is 14.8 Å². The Bertz CT molecular complexity index is 728. The summed E-state index contributed by atoms with van der Waals surface area (Å²) in [5.74, 6) is 1.71. The number of anilines is 1. The van der Waals surface area contributed by atoms with Crippen LogP contribution in [0.2, 0.25) is 0 Å². The van der Waals surface area contributed by atoms with E-state index in [9.17, 15) is 5.26 Å². The molecule has 0 amide bonds. The van der Waals surface area contributed by atoms with Gasteiger partial charge in [0.25, 0.3) is 0 Å². The molecule has 7 heteroatoms. The number of nitrogens with one attached hydrogen (secondary N) is 1. The highest BCUT2D eigenvalue weighted by atomic mass is 32.2. The number of ether oxygens (including phenoxy) is 2. The van der Waals surface area contributed by atoms with Crippen LogP contribution in [0.1, 0.15) is 5.56 Å². The monoisotopic (exact) mass is 316 g/mol. The smallest absolute Gasteiger partial charge is 0.189 e. The Hall–Kier alpha value is -2.46. The largest absolute Gasteiger partial charge is 0.493 e. The zero-order valence-electron chi connectivity index (χ0n) is 12.8. The van der Waals surface area contributed by atoms with Gasteiger partial charge in [0.05, 0.1) is 19.9 Å². The van der Waals surface area contributed by atoms with Crippen LogP contribution in [0, 0.1) is 11.3 Å². The zero-order chi connectivity index (χ0) is 16.1. The summed E-state index contributed by atoms with van der Waals surface area (Å²) < 4.78 is 10.5. The zero-order valence-corrected chi connectivity index (χ0v) is 13.6. The van der Waals surface area contributed by atoms with Gasteiger partial charge in [-0.15, -0.1) is 0 Å². The second-order valence-corrected chi connectivity index (χ2v) is 4.99. The highest BCUT2D eigenvalue weighted by Crippen LogP contribution is 2.34. The standard InChI is InChI=1S/C15H16N4O2S/c1-17-14-10(8-16)13(18-15(19-14)22-4)9-5-6-11(20-2)12(7-9)21-3/h5-7H,1-4H3,(H,17,18,19). The number of nitrogens with zero attached hydrogens (tertiary/aromatic N) is 3. The van der Waals surface area contributed by atoms with Crippen LogP contribution < -0.4 is 14.8 Å². The number of aromatic nitrogens is 2. The van der Waals surface area contributed by atoms with E-state index in [2.05, 4.69) is 21.4 Å². The number of thioether (sulfide) groups is 1. The van der Waals surface area contributed by atoms with E-state index in [0.717, 1.165) is 5.56 Å². The molecule has 0 spiro atoms. The van der Waals surface area contributed by atoms with Crippen molar-refractivity contribution in [3.8, 4) is 28.8 Å². The second-order valence-electron chi connectivity index (χ2n) is 4.21. The van der Waals surface area contributed by atoms with Crippen LogP contribution >= 0.6 is 11.8 Å². The second kappa shape index (κ2) is 7.00. The van der Waals surface area contributed by atoms with Crippen molar-refractivity contribution in [1.82, 2.24) is 9.97 Å². The molecule has 0 aliphatic rings. The molecule has 6 nitrogen and oxygen atoms in total. The Balaban J connectivity index is 2.68. The van der Waals surface area contributed by atoms with E-state index in [1.54, 1.807) is 33.4 Å². The summed E-state index contributed by atoms with van der Waals surface area (Å²) >= 11 is 1.42. The molecular weight excluding hydrogens is 300 g/mol. The third-order valence-corrected chi connectivity index (χ3v) is 3.62. The van der Waals surface area contributed by atoms with Crippen molar-refractivity contribution in [2.75, 3.05) is 32.8 Å². The maximum Gasteiger partial charge on any atom is 0.189 e. The van der Waals surface area contributed by atoms with Gasteiger partial charge in [-0.2, -0.15) is 5.26 Å². The molecule has 0 atom stereocenters. The van der Waals surface area contributed by atoms with E-state index in [-0.39, 0.29) is 0 Å². The predicted octanol–water partition coefficient (Wildman–Crippen LogP) is 2.80. The highest BCUT2D eigenvalue weighted by molar-refractivity contribution is 7.98. The first-order chi connectivity index (χ1) is 10.7. The van der Waals surface area contributed by atoms with Gasteiger partial charge in [-0.05, 0) is 24.5 Å². The third-order valence-electron chi connectivity index (χ3n) is 3.08. The number of nitriles is 1. The van der Waals surface area contributed by atoms with Crippen molar-refractivity contribution in [2.45, 2.75) is 5.16 Å². The number of methoxy groups -OCH3 is 2. The molecule has 1 heterocycles. The van der Waals surface area contributed by atoms with Gasteiger partial charge in [-0.1, -0.05) is 11.8 Å². The lowest BCUT2D eigenvalue weighted by atomic mass is 10.1. The molecule has 114 valence electrons. The summed E-state index contributed by atoms with van der Waals surface area (Å²) in [6.45, 7) is 0. The van der Waals surface area contributed by atoms with Gasteiger partial charge in [-0.3, -0.25) is 0 Å². The normalized spacial score (nSPS) is 9.95. The Morgan fingerprint density at radius 3 is 2.45 bits per heavy atom. The number of rotatable bonds is 5. The van der Waals surface area contributed by atoms with E-state index < -0.39 is 0 Å². The van der Waals surface area contributed by atoms with Crippen LogP contribution in [0.25, 0.3) is 11.3 Å². The minimum atomic E-state index is 0.396. The Morgan fingerprint density at radius 2 is 1.91 bits per heavy atom. The molecule has 0 saturated carbocycles. The summed E-state index contributed by atoms with van der Waals surface area (Å²) in [6, 6.07) is 7.59. The lowest BCUT2D eigenvalue weighted by Crippen LogP contribution is -2.03. The van der Waals surface area contributed by atoms with Crippen molar-refractivity contribution in [1.29, 1.82) is 5.26 Å². The lowest BCUT2D eigenvalue weighted by molar-refractivity contribution is 0.355. The van der Waals surface area contributed by atoms with E-state index in [4.69, 9.17) is 9.47 Å². The van der Waals surface area contributed by atoms with Gasteiger partial charge in [-0.25, -0.2) is 9.97 Å². The van der Waals surface area contributed by atoms with E-state index in [0.29, 0.717) is 33.7 Å². The Morgan fingerprint density at radius 1 is 1.18 bits per heavy atom. The summed E-state index contributed by atoms with van der Waals surface area (Å²) in [5.41, 5.74) is 1.73. The molecule has 0 aliphatic heterocycles. The molecule has 0 saturated heterocycles. The van der Waals surface area contributed by atoms with Gasteiger partial charge >= 0.3 is 0 Å². The van der Waals surface area contributed by atoms with Crippen molar-refractivity contribution in [3.63, 3.8) is 0 Å². The molecule has 22 heavy (non-hydrogen) atoms. The molecule has 0 fully saturated rings. The topological polar surface area (TPSA) is 80.1 Å². The van der Waals surface area contributed by atoms with Crippen LogP contribution in [0.5, 0.6) is 11.5 Å². The SMILES string of the molecule is CNc1nc(SC)nc(-c2ccc(OC)c(OC)c2)c1C#N. The van der Waals surface area contributed by atoms with Crippen LogP contribution in [0.15, 0.2) is 23.4 Å². The molecule has 0 aliphatic carbocycles. The Kier molecular flexibility index (Phi) is 5.07. The minimum absolute atomic E-state index is 0.396. The maximum atomic E-state index is 9.45. The van der Waals surface area contributed by atoms with Crippen LogP contribution in [-0.4, -0.2) is 37.5 Å². The molecule has 0 unspecified atom stereocenters. The molecule has 2 aromatic rings. The molecule has 0 radical (unpaired) electrons. The van der Waals surface area contributed by atoms with E-state index >= 15 is 0 Å². The predicted molar refractivity (Wildman–Crippen MR) is 86.6 cm³/mol. The molecule has 1 N–H and O–H groups in total. The summed E-state index contributed by atoms with van der Waals surface area (Å²) in [6.07, 6.45) is 1.89. The van der Waals surface area contributed by atoms with E-state index in [1.165, 1.54) is 11.8 Å². The molecular formula is C15H16N4O2S. The number of benzene rings is 1. The first-order valence-electron chi connectivity index (χ1n) is 6.44. The van der Waals surface area contributed by atoms with Gasteiger partial charge in [0, 0.05) is 12.6 Å². The summed E-state index contributed by atoms with van der Waals surface area (Å²) in [7, 11) is 4.87. The molecule has 1 aromatic carbocycles. The van der Waals surface area contributed by atoms with Crippen LogP contribution in [0.3, 0.4) is 0 Å². The average molecular weight is 316 g/mol. The lowest BCUT2D eigenvalue weighted by Gasteiger charge is -2.12. The molecule has 0 bridgehead atoms. The fourth-order valence-electron chi connectivity index (χ4n) is 2.01. The minimum Gasteiger partial charge on any atom is -0.493 e. The maximum absolute atomic E-state index is 9.45. The van der Waals surface area contributed by atoms with E-state index in [1.807, 2.05) is 12.3 Å². The fraction of sp³-hybridized carbons (Fsp3) is 0.267. The van der Waals surface area contributed by atoms with Crippen molar-refractivity contribution >= 4 is 17.6 Å². The third kappa shape index (κ3) is 2.92. The molecule has 2 rings (SSSR count). The summed E-state index contributed by atoms with van der Waals surface area (Å²) in [5, 5.41) is 13.0.